The van der Waals surface area contributed by atoms with Crippen LogP contribution in [0.15, 0.2) is 22.8 Å². The van der Waals surface area contributed by atoms with Gasteiger partial charge in [-0.05, 0) is 81.5 Å². The maximum absolute atomic E-state index is 12.7. The first kappa shape index (κ1) is 22.3. The standard InChI is InChI=1S/C29H46O/c1-19(2)9-8-10-20(3)22-12-13-23-21-11-14-25-27(4,5)26(30)16-18-29(25,7)24(21)15-17-28(22,23)6/h14,19-20,22-23H,8-13,15-18H2,1-7H3/t20-,22-,23+,28-,29-/m1/s1. The van der Waals surface area contributed by atoms with Crippen molar-refractivity contribution in [1.29, 1.82) is 0 Å². The van der Waals surface area contributed by atoms with Crippen molar-refractivity contribution in [3.8, 4) is 0 Å². The van der Waals surface area contributed by atoms with E-state index in [-0.39, 0.29) is 10.8 Å². The minimum absolute atomic E-state index is 0.146. The molecule has 4 aliphatic carbocycles. The summed E-state index contributed by atoms with van der Waals surface area (Å²) < 4.78 is 0. The fourth-order valence-corrected chi connectivity index (χ4v) is 8.50. The first-order valence-corrected chi connectivity index (χ1v) is 13.0. The molecular formula is C29H46O. The Morgan fingerprint density at radius 3 is 2.43 bits per heavy atom. The number of hydrogen-bond acceptors (Lipinski definition) is 1. The first-order chi connectivity index (χ1) is 14.0. The van der Waals surface area contributed by atoms with E-state index in [0.717, 1.165) is 42.9 Å². The van der Waals surface area contributed by atoms with Crippen LogP contribution in [0.4, 0.5) is 0 Å². The molecule has 1 heteroatoms. The molecular weight excluding hydrogens is 364 g/mol. The molecule has 1 nitrogen and oxygen atoms in total. The van der Waals surface area contributed by atoms with Crippen molar-refractivity contribution >= 4 is 5.78 Å². The molecule has 2 fully saturated rings. The van der Waals surface area contributed by atoms with Crippen molar-refractivity contribution in [2.45, 2.75) is 113 Å². The molecule has 0 aliphatic heterocycles. The van der Waals surface area contributed by atoms with E-state index < -0.39 is 0 Å². The molecule has 0 aromatic carbocycles. The van der Waals surface area contributed by atoms with Gasteiger partial charge in [0.05, 0.1) is 0 Å². The molecule has 0 saturated heterocycles. The van der Waals surface area contributed by atoms with Gasteiger partial charge in [0, 0.05) is 17.3 Å². The summed E-state index contributed by atoms with van der Waals surface area (Å²) in [5.41, 5.74) is 5.39. The summed E-state index contributed by atoms with van der Waals surface area (Å²) in [5, 5.41) is 0. The van der Waals surface area contributed by atoms with Gasteiger partial charge in [-0.25, -0.2) is 0 Å². The molecule has 0 radical (unpaired) electrons. The summed E-state index contributed by atoms with van der Waals surface area (Å²) in [6, 6.07) is 0. The second-order valence-corrected chi connectivity index (χ2v) is 12.8. The molecule has 0 spiro atoms. The lowest BCUT2D eigenvalue weighted by Crippen LogP contribution is -2.46. The van der Waals surface area contributed by atoms with Crippen molar-refractivity contribution in [2.24, 2.45) is 39.9 Å². The molecule has 30 heavy (non-hydrogen) atoms. The maximum atomic E-state index is 12.7. The van der Waals surface area contributed by atoms with Gasteiger partial charge in [-0.15, -0.1) is 0 Å². The van der Waals surface area contributed by atoms with E-state index in [9.17, 15) is 4.79 Å². The first-order valence-electron chi connectivity index (χ1n) is 13.0. The van der Waals surface area contributed by atoms with Gasteiger partial charge in [-0.2, -0.15) is 0 Å². The van der Waals surface area contributed by atoms with Crippen molar-refractivity contribution < 1.29 is 4.79 Å². The number of hydrogen-bond donors (Lipinski definition) is 0. The summed E-state index contributed by atoms with van der Waals surface area (Å²) in [4.78, 5) is 12.7. The zero-order valence-corrected chi connectivity index (χ0v) is 20.9. The van der Waals surface area contributed by atoms with E-state index in [1.165, 1.54) is 50.5 Å². The lowest BCUT2D eigenvalue weighted by atomic mass is 9.50. The molecule has 0 bridgehead atoms. The quantitative estimate of drug-likeness (QED) is 0.416. The molecule has 4 aliphatic rings. The third-order valence-corrected chi connectivity index (χ3v) is 10.3. The van der Waals surface area contributed by atoms with Crippen molar-refractivity contribution in [2.75, 3.05) is 0 Å². The Balaban J connectivity index is 1.58. The topological polar surface area (TPSA) is 17.1 Å². The smallest absolute Gasteiger partial charge is 0.142 e. The predicted octanol–water partition coefficient (Wildman–Crippen LogP) is 8.30. The minimum atomic E-state index is -0.268. The lowest BCUT2D eigenvalue weighted by molar-refractivity contribution is -0.128. The van der Waals surface area contributed by atoms with Gasteiger partial charge in [0.25, 0.3) is 0 Å². The zero-order chi connectivity index (χ0) is 21.9. The van der Waals surface area contributed by atoms with E-state index in [2.05, 4.69) is 54.5 Å². The SMILES string of the molecule is CC(C)CCC[C@@H](C)[C@H]1CC[C@H]2C3=C(CC[C@]12C)[C@@]1(C)CCC(=O)C(C)(C)C1=CC3. The number of Topliss-reactive ketones (excluding diaryl/α,β-unsaturated/α-hetero) is 1. The van der Waals surface area contributed by atoms with Gasteiger partial charge in [0.2, 0.25) is 0 Å². The maximum Gasteiger partial charge on any atom is 0.142 e. The van der Waals surface area contributed by atoms with Crippen LogP contribution in [0.2, 0.25) is 0 Å². The monoisotopic (exact) mass is 410 g/mol. The van der Waals surface area contributed by atoms with E-state index in [4.69, 9.17) is 0 Å². The Hall–Kier alpha value is -0.850. The average Bonchev–Trinajstić information content (AvgIpc) is 3.02. The Labute approximate surface area is 186 Å². The van der Waals surface area contributed by atoms with Gasteiger partial charge in [0.1, 0.15) is 5.78 Å². The molecule has 168 valence electrons. The number of carbonyl (C=O) groups excluding carboxylic acids is 1. The van der Waals surface area contributed by atoms with Gasteiger partial charge < -0.3 is 0 Å². The van der Waals surface area contributed by atoms with E-state index in [1.807, 2.05) is 0 Å². The zero-order valence-electron chi connectivity index (χ0n) is 20.9. The van der Waals surface area contributed by atoms with Gasteiger partial charge in [-0.1, -0.05) is 76.7 Å². The van der Waals surface area contributed by atoms with Gasteiger partial charge in [0.15, 0.2) is 0 Å². The van der Waals surface area contributed by atoms with Crippen LogP contribution in [0.3, 0.4) is 0 Å². The van der Waals surface area contributed by atoms with Crippen molar-refractivity contribution in [3.05, 3.63) is 22.8 Å². The largest absolute Gasteiger partial charge is 0.299 e. The molecule has 0 heterocycles. The highest BCUT2D eigenvalue weighted by molar-refractivity contribution is 5.89. The Bertz CT molecular complexity index is 765. The molecule has 0 aromatic heterocycles. The predicted molar refractivity (Wildman–Crippen MR) is 127 cm³/mol. The van der Waals surface area contributed by atoms with Crippen LogP contribution in [0.5, 0.6) is 0 Å². The molecule has 0 aromatic rings. The summed E-state index contributed by atoms with van der Waals surface area (Å²) >= 11 is 0. The average molecular weight is 411 g/mol. The van der Waals surface area contributed by atoms with Crippen molar-refractivity contribution in [1.82, 2.24) is 0 Å². The summed E-state index contributed by atoms with van der Waals surface area (Å²) in [5.74, 6) is 3.83. The van der Waals surface area contributed by atoms with E-state index >= 15 is 0 Å². The number of ketones is 1. The highest BCUT2D eigenvalue weighted by Crippen LogP contribution is 2.66. The lowest BCUT2D eigenvalue weighted by Gasteiger charge is -2.54. The number of rotatable bonds is 5. The molecule has 0 N–H and O–H groups in total. The van der Waals surface area contributed by atoms with Crippen LogP contribution in [-0.2, 0) is 4.79 Å². The van der Waals surface area contributed by atoms with Crippen LogP contribution in [-0.4, -0.2) is 5.78 Å². The molecule has 2 saturated carbocycles. The molecule has 0 unspecified atom stereocenters. The second kappa shape index (κ2) is 7.63. The highest BCUT2D eigenvalue weighted by atomic mass is 16.1. The second-order valence-electron chi connectivity index (χ2n) is 12.8. The van der Waals surface area contributed by atoms with E-state index in [1.54, 1.807) is 11.1 Å². The molecule has 0 amide bonds. The Morgan fingerprint density at radius 1 is 1.00 bits per heavy atom. The third-order valence-electron chi connectivity index (χ3n) is 10.3. The van der Waals surface area contributed by atoms with Crippen LogP contribution in [0, 0.1) is 39.9 Å². The fraction of sp³-hybridized carbons (Fsp3) is 0.828. The van der Waals surface area contributed by atoms with E-state index in [0.29, 0.717) is 11.2 Å². The summed E-state index contributed by atoms with van der Waals surface area (Å²) in [6.07, 6.45) is 15.1. The fourth-order valence-electron chi connectivity index (χ4n) is 8.50. The number of fused-ring (bicyclic) bond motifs is 4. The van der Waals surface area contributed by atoms with Crippen LogP contribution >= 0.6 is 0 Å². The van der Waals surface area contributed by atoms with Crippen molar-refractivity contribution in [3.63, 3.8) is 0 Å². The normalized spacial score (nSPS) is 38.8. The Kier molecular flexibility index (Phi) is 5.68. The highest BCUT2D eigenvalue weighted by Gasteiger charge is 2.56. The summed E-state index contributed by atoms with van der Waals surface area (Å²) in [6.45, 7) is 16.8. The van der Waals surface area contributed by atoms with Crippen LogP contribution in [0.25, 0.3) is 0 Å². The van der Waals surface area contributed by atoms with Gasteiger partial charge >= 0.3 is 0 Å². The number of carbonyl (C=O) groups is 1. The minimum Gasteiger partial charge on any atom is -0.299 e. The third kappa shape index (κ3) is 3.29. The van der Waals surface area contributed by atoms with Crippen LogP contribution < -0.4 is 0 Å². The Morgan fingerprint density at radius 2 is 1.73 bits per heavy atom. The molecule has 4 rings (SSSR count). The van der Waals surface area contributed by atoms with Gasteiger partial charge in [-0.3, -0.25) is 4.79 Å². The summed E-state index contributed by atoms with van der Waals surface area (Å²) in [7, 11) is 0. The number of allylic oxidation sites excluding steroid dienone is 4. The molecule has 5 atom stereocenters. The van der Waals surface area contributed by atoms with Crippen LogP contribution in [0.1, 0.15) is 113 Å².